The Labute approximate surface area is 206 Å². The number of carbonyl (C=O) groups is 1. The van der Waals surface area contributed by atoms with Crippen molar-refractivity contribution in [2.45, 2.75) is 45.2 Å². The van der Waals surface area contributed by atoms with Crippen LogP contribution in [0.3, 0.4) is 0 Å². The first kappa shape index (κ1) is 26.4. The molecule has 0 unspecified atom stereocenters. The number of carbonyl (C=O) groups excluding carboxylic acids is 1. The second-order valence-corrected chi connectivity index (χ2v) is 8.79. The third kappa shape index (κ3) is 6.19. The minimum absolute atomic E-state index is 0.0394. The predicted molar refractivity (Wildman–Crippen MR) is 119 cm³/mol. The molecule has 0 atom stereocenters. The molecule has 1 saturated carbocycles. The number of hydrogen-bond donors (Lipinski definition) is 2. The molecule has 1 heterocycles. The lowest BCUT2D eigenvalue weighted by atomic mass is 9.81. The predicted octanol–water partition coefficient (Wildman–Crippen LogP) is 4.79. The Morgan fingerprint density at radius 1 is 1.11 bits per heavy atom. The van der Waals surface area contributed by atoms with E-state index in [0.29, 0.717) is 24.5 Å². The zero-order chi connectivity index (χ0) is 26.9. The van der Waals surface area contributed by atoms with Gasteiger partial charge in [0, 0.05) is 35.9 Å². The second kappa shape index (κ2) is 10.4. The van der Waals surface area contributed by atoms with Crippen LogP contribution >= 0.6 is 0 Å². The van der Waals surface area contributed by atoms with E-state index in [4.69, 9.17) is 4.74 Å². The second-order valence-electron chi connectivity index (χ2n) is 8.79. The molecule has 1 aromatic heterocycles. The van der Waals surface area contributed by atoms with Gasteiger partial charge in [0.1, 0.15) is 23.3 Å². The van der Waals surface area contributed by atoms with Crippen LogP contribution in [0.25, 0.3) is 11.4 Å². The maximum atomic E-state index is 15.3. The maximum Gasteiger partial charge on any atom is 0.417 e. The summed E-state index contributed by atoms with van der Waals surface area (Å²) in [4.78, 5) is 30.2. The largest absolute Gasteiger partial charge is 0.417 e. The monoisotopic (exact) mass is 525 g/mol. The van der Waals surface area contributed by atoms with Crippen LogP contribution in [0.5, 0.6) is 0 Å². The van der Waals surface area contributed by atoms with Gasteiger partial charge in [0.15, 0.2) is 0 Å². The molecule has 3 aromatic rings. The van der Waals surface area contributed by atoms with E-state index in [1.165, 1.54) is 6.92 Å². The number of alkyl halides is 3. The van der Waals surface area contributed by atoms with Gasteiger partial charge in [0.25, 0.3) is 5.56 Å². The molecular weight excluding hydrogens is 504 g/mol. The summed E-state index contributed by atoms with van der Waals surface area (Å²) in [5.41, 5.74) is -2.77. The molecule has 1 aliphatic rings. The van der Waals surface area contributed by atoms with E-state index in [1.54, 1.807) is 0 Å². The van der Waals surface area contributed by atoms with Crippen LogP contribution in [0.4, 0.5) is 26.3 Å². The highest BCUT2D eigenvalue weighted by Crippen LogP contribution is 2.38. The molecule has 0 aliphatic heterocycles. The van der Waals surface area contributed by atoms with E-state index in [-0.39, 0.29) is 24.0 Å². The molecule has 1 aliphatic carbocycles. The summed E-state index contributed by atoms with van der Waals surface area (Å²) in [5, 5.41) is 2.50. The molecule has 196 valence electrons. The van der Waals surface area contributed by atoms with Gasteiger partial charge in [-0.1, -0.05) is 6.07 Å². The summed E-state index contributed by atoms with van der Waals surface area (Å²) in [6, 6.07) is 5.67. The Bertz CT molecular complexity index is 1360. The summed E-state index contributed by atoms with van der Waals surface area (Å²) in [6.07, 6.45) is -4.60. The molecule has 0 spiro atoms. The van der Waals surface area contributed by atoms with Crippen molar-refractivity contribution in [3.05, 3.63) is 86.6 Å². The lowest BCUT2D eigenvalue weighted by Crippen LogP contribution is -2.42. The van der Waals surface area contributed by atoms with Crippen molar-refractivity contribution in [3.8, 4) is 11.4 Å². The zero-order valence-electron chi connectivity index (χ0n) is 19.4. The molecule has 2 aromatic carbocycles. The number of nitrogens with zero attached hydrogens (tertiary/aromatic N) is 1. The fourth-order valence-corrected chi connectivity index (χ4v) is 4.07. The number of benzene rings is 2. The molecular formula is C25H21F6N3O3. The average Bonchev–Trinajstić information content (AvgIpc) is 2.75. The van der Waals surface area contributed by atoms with Gasteiger partial charge in [-0.15, -0.1) is 0 Å². The van der Waals surface area contributed by atoms with E-state index >= 15 is 4.39 Å². The Kier molecular flexibility index (Phi) is 7.39. The first-order valence-corrected chi connectivity index (χ1v) is 11.2. The van der Waals surface area contributed by atoms with Crippen LogP contribution in [0, 0.1) is 30.3 Å². The van der Waals surface area contributed by atoms with Gasteiger partial charge in [-0.05, 0) is 43.5 Å². The normalized spacial score (nSPS) is 17.4. The lowest BCUT2D eigenvalue weighted by Gasteiger charge is -2.34. The zero-order valence-corrected chi connectivity index (χ0v) is 19.4. The molecule has 0 radical (unpaired) electrons. The number of rotatable bonds is 7. The lowest BCUT2D eigenvalue weighted by molar-refractivity contribution is -0.137. The highest BCUT2D eigenvalue weighted by atomic mass is 19.4. The van der Waals surface area contributed by atoms with Gasteiger partial charge < -0.3 is 15.0 Å². The Morgan fingerprint density at radius 3 is 2.41 bits per heavy atom. The van der Waals surface area contributed by atoms with Crippen LogP contribution in [0.1, 0.15) is 35.2 Å². The third-order valence-electron chi connectivity index (χ3n) is 5.96. The van der Waals surface area contributed by atoms with Crippen molar-refractivity contribution in [3.63, 3.8) is 0 Å². The summed E-state index contributed by atoms with van der Waals surface area (Å²) in [6.45, 7) is 0.957. The van der Waals surface area contributed by atoms with Crippen LogP contribution in [0.2, 0.25) is 0 Å². The summed E-state index contributed by atoms with van der Waals surface area (Å²) < 4.78 is 88.0. The van der Waals surface area contributed by atoms with Crippen molar-refractivity contribution >= 4 is 5.91 Å². The number of nitrogens with one attached hydrogen (secondary N) is 2. The first-order valence-electron chi connectivity index (χ1n) is 11.2. The van der Waals surface area contributed by atoms with E-state index in [0.717, 1.165) is 30.3 Å². The van der Waals surface area contributed by atoms with E-state index < -0.39 is 64.5 Å². The number of amides is 1. The molecule has 37 heavy (non-hydrogen) atoms. The van der Waals surface area contributed by atoms with Crippen molar-refractivity contribution in [1.29, 1.82) is 0 Å². The van der Waals surface area contributed by atoms with E-state index in [9.17, 15) is 31.5 Å². The van der Waals surface area contributed by atoms with Crippen molar-refractivity contribution in [2.24, 2.45) is 5.92 Å². The molecule has 2 N–H and O–H groups in total. The Morgan fingerprint density at radius 2 is 1.78 bits per heavy atom. The van der Waals surface area contributed by atoms with Crippen molar-refractivity contribution < 1.29 is 35.9 Å². The Hall–Kier alpha value is -3.67. The maximum absolute atomic E-state index is 15.3. The topological polar surface area (TPSA) is 84.1 Å². The number of aromatic amines is 1. The summed E-state index contributed by atoms with van der Waals surface area (Å²) in [7, 11) is 0. The average molecular weight is 525 g/mol. The summed E-state index contributed by atoms with van der Waals surface area (Å²) in [5.74, 6) is -4.21. The van der Waals surface area contributed by atoms with Crippen LogP contribution < -0.4 is 10.9 Å². The van der Waals surface area contributed by atoms with Crippen LogP contribution in [-0.4, -0.2) is 22.0 Å². The van der Waals surface area contributed by atoms with Gasteiger partial charge in [-0.25, -0.2) is 18.2 Å². The van der Waals surface area contributed by atoms with E-state index in [2.05, 4.69) is 15.3 Å². The van der Waals surface area contributed by atoms with Crippen LogP contribution in [0.15, 0.2) is 41.2 Å². The number of halogens is 6. The smallest absolute Gasteiger partial charge is 0.373 e. The summed E-state index contributed by atoms with van der Waals surface area (Å²) >= 11 is 0. The minimum Gasteiger partial charge on any atom is -0.373 e. The quantitative estimate of drug-likeness (QED) is 0.435. The number of hydrogen-bond acceptors (Lipinski definition) is 4. The standard InChI is InChI=1S/C25H21F6N3O3/c1-12-4-20(35)34-23(33-12)21-19(25(29,30)31)3-2-14(22(21)28)10-32-24(36)15-7-18(8-15)37-11-13-5-16(26)9-17(27)6-13/h2-6,9,15,18H,7-8,10-11H2,1H3,(H,32,36)(H,33,34,35)/t15-,18-. The number of H-pyrrole nitrogens is 1. The fraction of sp³-hybridized carbons (Fsp3) is 0.320. The van der Waals surface area contributed by atoms with Crippen molar-refractivity contribution in [1.82, 2.24) is 15.3 Å². The van der Waals surface area contributed by atoms with Gasteiger partial charge in [-0.3, -0.25) is 9.59 Å². The molecule has 0 bridgehead atoms. The van der Waals surface area contributed by atoms with Gasteiger partial charge in [-0.2, -0.15) is 13.2 Å². The highest BCUT2D eigenvalue weighted by molar-refractivity contribution is 5.79. The SMILES string of the molecule is Cc1cc(=O)[nH]c(-c2c(C(F)(F)F)ccc(CNC(=O)[C@H]3C[C@H](OCc4cc(F)cc(F)c4)C3)c2F)n1. The molecule has 1 amide bonds. The third-order valence-corrected chi connectivity index (χ3v) is 5.96. The molecule has 0 saturated heterocycles. The molecule has 6 nitrogen and oxygen atoms in total. The fourth-order valence-electron chi connectivity index (χ4n) is 4.07. The minimum atomic E-state index is -4.92. The molecule has 4 rings (SSSR count). The number of ether oxygens (including phenoxy) is 1. The Balaban J connectivity index is 1.40. The molecule has 12 heteroatoms. The number of aryl methyl sites for hydroxylation is 1. The van der Waals surface area contributed by atoms with Crippen LogP contribution in [-0.2, 0) is 28.9 Å². The first-order chi connectivity index (χ1) is 17.4. The number of aromatic nitrogens is 2. The highest BCUT2D eigenvalue weighted by Gasteiger charge is 2.38. The van der Waals surface area contributed by atoms with Gasteiger partial charge in [0.2, 0.25) is 5.91 Å². The molecule has 1 fully saturated rings. The van der Waals surface area contributed by atoms with Gasteiger partial charge >= 0.3 is 6.18 Å². The van der Waals surface area contributed by atoms with E-state index in [1.807, 2.05) is 0 Å². The van der Waals surface area contributed by atoms with Crippen molar-refractivity contribution in [2.75, 3.05) is 0 Å². The van der Waals surface area contributed by atoms with Gasteiger partial charge in [0.05, 0.1) is 23.8 Å².